The van der Waals surface area contributed by atoms with Gasteiger partial charge in [-0.2, -0.15) is 18.7 Å². The molecule has 0 atom stereocenters. The summed E-state index contributed by atoms with van der Waals surface area (Å²) in [5.41, 5.74) is -0.0667. The number of sulfonamides is 1. The van der Waals surface area contributed by atoms with Gasteiger partial charge >= 0.3 is 15.3 Å². The smallest absolute Gasteiger partial charge is 0.386 e. The molecule has 136 valence electrons. The first-order chi connectivity index (χ1) is 11.7. The van der Waals surface area contributed by atoms with Crippen molar-refractivity contribution in [2.24, 2.45) is 0 Å². The first-order valence-corrected chi connectivity index (χ1v) is 8.30. The van der Waals surface area contributed by atoms with Crippen molar-refractivity contribution in [1.29, 1.82) is 0 Å². The highest BCUT2D eigenvalue weighted by Crippen LogP contribution is 2.31. The van der Waals surface area contributed by atoms with E-state index < -0.39 is 21.9 Å². The van der Waals surface area contributed by atoms with Crippen LogP contribution in [0.2, 0.25) is 0 Å². The molecule has 0 spiro atoms. The van der Waals surface area contributed by atoms with E-state index in [0.29, 0.717) is 0 Å². The number of aliphatic hydroxyl groups is 1. The highest BCUT2D eigenvalue weighted by Gasteiger charge is 2.44. The third-order valence-corrected chi connectivity index (χ3v) is 4.49. The van der Waals surface area contributed by atoms with E-state index in [9.17, 15) is 17.2 Å². The van der Waals surface area contributed by atoms with Gasteiger partial charge in [0.1, 0.15) is 6.61 Å². The second-order valence-electron chi connectivity index (χ2n) is 4.72. The second kappa shape index (κ2) is 7.15. The van der Waals surface area contributed by atoms with E-state index in [1.807, 2.05) is 0 Å². The lowest BCUT2D eigenvalue weighted by Crippen LogP contribution is -2.37. The highest BCUT2D eigenvalue weighted by molar-refractivity contribution is 7.93. The monoisotopic (exact) mass is 375 g/mol. The van der Waals surface area contributed by atoms with Crippen molar-refractivity contribution in [2.45, 2.75) is 5.25 Å². The molecule has 0 unspecified atom stereocenters. The number of nitrogens with zero attached hydrogens (tertiary/aromatic N) is 2. The van der Waals surface area contributed by atoms with Crippen LogP contribution in [-0.2, 0) is 10.0 Å². The molecule has 2 N–H and O–H groups in total. The molecular formula is C14H15F2N3O5S. The molecule has 11 heteroatoms. The van der Waals surface area contributed by atoms with E-state index >= 15 is 0 Å². The van der Waals surface area contributed by atoms with Crippen LogP contribution < -0.4 is 14.2 Å². The number of aliphatic hydroxyl groups excluding tert-OH is 1. The number of aromatic nitrogens is 2. The van der Waals surface area contributed by atoms with Gasteiger partial charge in [-0.1, -0.05) is 12.1 Å². The van der Waals surface area contributed by atoms with Crippen LogP contribution in [0.3, 0.4) is 0 Å². The molecule has 0 saturated carbocycles. The first-order valence-electron chi connectivity index (χ1n) is 6.81. The van der Waals surface area contributed by atoms with Gasteiger partial charge in [-0.3, -0.25) is 4.72 Å². The Hall–Kier alpha value is -2.53. The minimum Gasteiger partial charge on any atom is -0.481 e. The average Bonchev–Trinajstić information content (AvgIpc) is 2.61. The number of para-hydroxylation sites is 1. The van der Waals surface area contributed by atoms with E-state index in [0.717, 1.165) is 0 Å². The summed E-state index contributed by atoms with van der Waals surface area (Å²) >= 11 is 0. The Morgan fingerprint density at radius 2 is 1.72 bits per heavy atom. The van der Waals surface area contributed by atoms with Crippen LogP contribution in [0.25, 0.3) is 11.4 Å². The average molecular weight is 375 g/mol. The van der Waals surface area contributed by atoms with Crippen molar-refractivity contribution in [2.75, 3.05) is 25.5 Å². The van der Waals surface area contributed by atoms with Gasteiger partial charge in [0, 0.05) is 5.56 Å². The number of rotatable bonds is 7. The SMILES string of the molecule is COc1cc(OC)nc(-c2ccccc2NS(=O)(=O)C(F)(F)CO)n1. The molecule has 0 aliphatic heterocycles. The van der Waals surface area contributed by atoms with Gasteiger partial charge in [-0.05, 0) is 12.1 Å². The molecule has 2 aromatic rings. The predicted molar refractivity (Wildman–Crippen MR) is 85.1 cm³/mol. The zero-order valence-electron chi connectivity index (χ0n) is 13.2. The summed E-state index contributed by atoms with van der Waals surface area (Å²) in [6.07, 6.45) is 0. The van der Waals surface area contributed by atoms with E-state index in [-0.39, 0.29) is 28.8 Å². The van der Waals surface area contributed by atoms with Gasteiger partial charge in [0.15, 0.2) is 5.82 Å². The molecule has 1 heterocycles. The maximum atomic E-state index is 13.4. The molecule has 1 aromatic heterocycles. The standard InChI is InChI=1S/C14H15F2N3O5S/c1-23-11-7-12(24-2)18-13(17-11)9-5-3-4-6-10(9)19-25(21,22)14(15,16)8-20/h3-7,19-20H,8H2,1-2H3. The zero-order valence-corrected chi connectivity index (χ0v) is 14.0. The lowest BCUT2D eigenvalue weighted by Gasteiger charge is -2.17. The molecular weight excluding hydrogens is 360 g/mol. The molecule has 25 heavy (non-hydrogen) atoms. The van der Waals surface area contributed by atoms with Crippen LogP contribution in [0.15, 0.2) is 30.3 Å². The topological polar surface area (TPSA) is 111 Å². The molecule has 0 fully saturated rings. The third-order valence-electron chi connectivity index (χ3n) is 3.09. The summed E-state index contributed by atoms with van der Waals surface area (Å²) in [7, 11) is -2.45. The van der Waals surface area contributed by atoms with Crippen molar-refractivity contribution in [1.82, 2.24) is 9.97 Å². The van der Waals surface area contributed by atoms with E-state index in [2.05, 4.69) is 9.97 Å². The van der Waals surface area contributed by atoms with Crippen LogP contribution in [0, 0.1) is 0 Å². The first kappa shape index (κ1) is 18.8. The highest BCUT2D eigenvalue weighted by atomic mass is 32.2. The normalized spacial score (nSPS) is 11.9. The molecule has 8 nitrogen and oxygen atoms in total. The second-order valence-corrected chi connectivity index (χ2v) is 6.53. The van der Waals surface area contributed by atoms with Crippen molar-refractivity contribution in [3.63, 3.8) is 0 Å². The largest absolute Gasteiger partial charge is 0.481 e. The number of hydrogen-bond donors (Lipinski definition) is 2. The summed E-state index contributed by atoms with van der Waals surface area (Å²) in [5.74, 6) is 0.280. The Bertz CT molecular complexity index is 839. The van der Waals surface area contributed by atoms with Crippen LogP contribution >= 0.6 is 0 Å². The van der Waals surface area contributed by atoms with Crippen LogP contribution in [0.4, 0.5) is 14.5 Å². The van der Waals surface area contributed by atoms with Gasteiger partial charge in [-0.25, -0.2) is 8.42 Å². The molecule has 0 saturated heterocycles. The fourth-order valence-electron chi connectivity index (χ4n) is 1.81. The number of ether oxygens (including phenoxy) is 2. The van der Waals surface area contributed by atoms with E-state index in [1.54, 1.807) is 10.8 Å². The Morgan fingerprint density at radius 1 is 1.16 bits per heavy atom. The quantitative estimate of drug-likeness (QED) is 0.754. The van der Waals surface area contributed by atoms with Crippen molar-refractivity contribution < 1.29 is 31.8 Å². The van der Waals surface area contributed by atoms with Crippen LogP contribution in [0.5, 0.6) is 11.8 Å². The maximum absolute atomic E-state index is 13.4. The fraction of sp³-hybridized carbons (Fsp3) is 0.286. The number of anilines is 1. The number of hydrogen-bond acceptors (Lipinski definition) is 7. The number of alkyl halides is 2. The summed E-state index contributed by atoms with van der Waals surface area (Å²) in [5, 5.41) is 4.25. The minimum absolute atomic E-state index is 0.00168. The molecule has 0 radical (unpaired) electrons. The Kier molecular flexibility index (Phi) is 5.38. The Labute approximate surface area is 142 Å². The molecule has 2 rings (SSSR count). The van der Waals surface area contributed by atoms with Crippen molar-refractivity contribution in [3.05, 3.63) is 30.3 Å². The molecule has 1 aromatic carbocycles. The predicted octanol–water partition coefficient (Wildman–Crippen LogP) is 1.49. The van der Waals surface area contributed by atoms with Crippen LogP contribution in [-0.4, -0.2) is 49.6 Å². The minimum atomic E-state index is -5.18. The molecule has 0 bridgehead atoms. The molecule has 0 aliphatic carbocycles. The van der Waals surface area contributed by atoms with E-state index in [1.165, 1.54) is 38.5 Å². The fourth-order valence-corrected chi connectivity index (χ4v) is 2.59. The number of nitrogens with one attached hydrogen (secondary N) is 1. The zero-order chi connectivity index (χ0) is 18.7. The lowest BCUT2D eigenvalue weighted by molar-refractivity contribution is 0.0269. The summed E-state index contributed by atoms with van der Waals surface area (Å²) in [6.45, 7) is -1.85. The van der Waals surface area contributed by atoms with Crippen molar-refractivity contribution in [3.8, 4) is 23.1 Å². The number of benzene rings is 1. The van der Waals surface area contributed by atoms with Gasteiger partial charge in [0.25, 0.3) is 0 Å². The van der Waals surface area contributed by atoms with E-state index in [4.69, 9.17) is 14.6 Å². The van der Waals surface area contributed by atoms with Gasteiger partial charge in [0.2, 0.25) is 11.8 Å². The van der Waals surface area contributed by atoms with Gasteiger partial charge < -0.3 is 14.6 Å². The molecule has 0 amide bonds. The molecule has 0 aliphatic rings. The third kappa shape index (κ3) is 3.94. The van der Waals surface area contributed by atoms with Crippen LogP contribution in [0.1, 0.15) is 0 Å². The summed E-state index contributed by atoms with van der Waals surface area (Å²) in [6, 6.07) is 7.08. The van der Waals surface area contributed by atoms with Crippen molar-refractivity contribution >= 4 is 15.7 Å². The maximum Gasteiger partial charge on any atom is 0.386 e. The van der Waals surface area contributed by atoms with Gasteiger partial charge in [-0.15, -0.1) is 0 Å². The van der Waals surface area contributed by atoms with Gasteiger partial charge in [0.05, 0.1) is 26.0 Å². The number of halogens is 2. The number of methoxy groups -OCH3 is 2. The Balaban J connectivity index is 2.53. The Morgan fingerprint density at radius 3 is 2.24 bits per heavy atom. The summed E-state index contributed by atoms with van der Waals surface area (Å²) in [4.78, 5) is 8.12. The lowest BCUT2D eigenvalue weighted by atomic mass is 10.1. The summed E-state index contributed by atoms with van der Waals surface area (Å²) < 4.78 is 62.1.